The van der Waals surface area contributed by atoms with Gasteiger partial charge in [0.2, 0.25) is 11.8 Å². The number of aromatic nitrogens is 1. The number of nitrogens with zero attached hydrogens (tertiary/aromatic N) is 1. The number of thiazole rings is 1. The van der Waals surface area contributed by atoms with Gasteiger partial charge in [-0.05, 0) is 44.9 Å². The van der Waals surface area contributed by atoms with Crippen LogP contribution in [0.25, 0.3) is 0 Å². The molecule has 1 unspecified atom stereocenters. The summed E-state index contributed by atoms with van der Waals surface area (Å²) in [4.78, 5) is 29.3. The number of anilines is 2. The van der Waals surface area contributed by atoms with Crippen LogP contribution in [0.5, 0.6) is 0 Å². The molecule has 2 N–H and O–H groups in total. The predicted molar refractivity (Wildman–Crippen MR) is 98.6 cm³/mol. The maximum Gasteiger partial charge on any atom is 0.239 e. The molecule has 0 saturated heterocycles. The lowest BCUT2D eigenvalue weighted by atomic mass is 10.3. The fraction of sp³-hybridized carbons (Fsp3) is 0.353. The van der Waals surface area contributed by atoms with E-state index in [1.165, 1.54) is 23.1 Å². The molecule has 1 fully saturated rings. The zero-order valence-electron chi connectivity index (χ0n) is 13.5. The highest BCUT2D eigenvalue weighted by atomic mass is 32.2. The minimum Gasteiger partial charge on any atom is -0.326 e. The quantitative estimate of drug-likeness (QED) is 0.765. The number of carbonyl (C=O) groups is 2. The Labute approximate surface area is 149 Å². The van der Waals surface area contributed by atoms with Crippen LogP contribution in [0, 0.1) is 12.8 Å². The second-order valence-corrected chi connectivity index (χ2v) is 8.11. The molecular weight excluding hydrogens is 342 g/mol. The number of amides is 2. The number of hydrogen-bond acceptors (Lipinski definition) is 5. The first-order chi connectivity index (χ1) is 11.5. The van der Waals surface area contributed by atoms with Crippen LogP contribution < -0.4 is 10.6 Å². The van der Waals surface area contributed by atoms with Gasteiger partial charge in [0.05, 0.1) is 10.9 Å². The van der Waals surface area contributed by atoms with Crippen molar-refractivity contribution in [2.45, 2.75) is 36.8 Å². The molecule has 1 atom stereocenters. The molecule has 126 valence electrons. The van der Waals surface area contributed by atoms with Crippen LogP contribution in [0.3, 0.4) is 0 Å². The molecule has 0 spiro atoms. The number of hydrogen-bond donors (Lipinski definition) is 2. The zero-order chi connectivity index (χ0) is 17.1. The molecule has 2 amide bonds. The van der Waals surface area contributed by atoms with Crippen molar-refractivity contribution in [3.05, 3.63) is 35.3 Å². The molecule has 1 heterocycles. The molecular formula is C17H19N3O2S2. The van der Waals surface area contributed by atoms with Crippen LogP contribution in [0.4, 0.5) is 10.8 Å². The number of benzene rings is 1. The molecule has 0 aliphatic heterocycles. The lowest BCUT2D eigenvalue weighted by Crippen LogP contribution is -2.22. The zero-order valence-corrected chi connectivity index (χ0v) is 15.2. The average molecular weight is 361 g/mol. The monoisotopic (exact) mass is 361 g/mol. The molecule has 3 rings (SSSR count). The van der Waals surface area contributed by atoms with Gasteiger partial charge >= 0.3 is 0 Å². The van der Waals surface area contributed by atoms with E-state index in [1.807, 2.05) is 43.5 Å². The summed E-state index contributed by atoms with van der Waals surface area (Å²) in [7, 11) is 0. The Morgan fingerprint density at radius 1 is 1.33 bits per heavy atom. The summed E-state index contributed by atoms with van der Waals surface area (Å²) in [5.74, 6) is 0.177. The summed E-state index contributed by atoms with van der Waals surface area (Å²) >= 11 is 2.88. The summed E-state index contributed by atoms with van der Waals surface area (Å²) < 4.78 is 0. The number of nitrogens with one attached hydrogen (secondary N) is 2. The normalized spacial score (nSPS) is 14.9. The van der Waals surface area contributed by atoms with E-state index in [-0.39, 0.29) is 23.0 Å². The van der Waals surface area contributed by atoms with E-state index < -0.39 is 0 Å². The molecule has 1 aromatic heterocycles. The van der Waals surface area contributed by atoms with E-state index in [0.717, 1.165) is 29.1 Å². The smallest absolute Gasteiger partial charge is 0.239 e. The third-order valence-corrected chi connectivity index (χ3v) is 5.55. The third kappa shape index (κ3) is 4.58. The van der Waals surface area contributed by atoms with E-state index in [9.17, 15) is 9.59 Å². The Bertz CT molecular complexity index is 756. The first-order valence-corrected chi connectivity index (χ1v) is 9.58. The topological polar surface area (TPSA) is 71.1 Å². The average Bonchev–Trinajstić information content (AvgIpc) is 3.31. The molecule has 0 radical (unpaired) electrons. The molecule has 24 heavy (non-hydrogen) atoms. The van der Waals surface area contributed by atoms with Crippen molar-refractivity contribution < 1.29 is 9.59 Å². The lowest BCUT2D eigenvalue weighted by Gasteiger charge is -2.12. The van der Waals surface area contributed by atoms with Crippen molar-refractivity contribution in [2.75, 3.05) is 10.6 Å². The minimum atomic E-state index is -0.261. The van der Waals surface area contributed by atoms with Crippen LogP contribution in [0.1, 0.15) is 25.5 Å². The predicted octanol–water partition coefficient (Wildman–Crippen LogP) is 3.92. The Kier molecular flexibility index (Phi) is 5.20. The van der Waals surface area contributed by atoms with Crippen molar-refractivity contribution in [2.24, 2.45) is 5.92 Å². The second-order valence-electron chi connectivity index (χ2n) is 5.83. The maximum absolute atomic E-state index is 12.3. The molecule has 7 heteroatoms. The lowest BCUT2D eigenvalue weighted by molar-refractivity contribution is -0.117. The van der Waals surface area contributed by atoms with E-state index in [1.54, 1.807) is 0 Å². The van der Waals surface area contributed by atoms with Crippen molar-refractivity contribution in [3.8, 4) is 0 Å². The molecule has 0 bridgehead atoms. The fourth-order valence-corrected chi connectivity index (χ4v) is 3.73. The number of rotatable bonds is 6. The summed E-state index contributed by atoms with van der Waals surface area (Å²) in [6, 6.07) is 7.60. The molecule has 1 aliphatic rings. The van der Waals surface area contributed by atoms with Crippen LogP contribution in [0.15, 0.2) is 34.5 Å². The van der Waals surface area contributed by atoms with Crippen LogP contribution >= 0.6 is 23.1 Å². The van der Waals surface area contributed by atoms with Crippen LogP contribution in [0.2, 0.25) is 0 Å². The van der Waals surface area contributed by atoms with Gasteiger partial charge in [-0.2, -0.15) is 0 Å². The molecule has 1 saturated carbocycles. The van der Waals surface area contributed by atoms with E-state index in [4.69, 9.17) is 0 Å². The summed E-state index contributed by atoms with van der Waals surface area (Å²) in [5.41, 5.74) is 1.68. The number of thioether (sulfide) groups is 1. The highest BCUT2D eigenvalue weighted by molar-refractivity contribution is 8.00. The second kappa shape index (κ2) is 7.36. The Morgan fingerprint density at radius 3 is 2.79 bits per heavy atom. The van der Waals surface area contributed by atoms with Crippen molar-refractivity contribution in [1.29, 1.82) is 0 Å². The molecule has 1 aromatic carbocycles. The first-order valence-electron chi connectivity index (χ1n) is 7.82. The van der Waals surface area contributed by atoms with Gasteiger partial charge < -0.3 is 10.6 Å². The SMILES string of the molecule is Cc1csc(NC(=O)C(C)Sc2cccc(NC(=O)C3CC3)c2)n1. The van der Waals surface area contributed by atoms with E-state index >= 15 is 0 Å². The van der Waals surface area contributed by atoms with Gasteiger partial charge in [-0.1, -0.05) is 6.07 Å². The van der Waals surface area contributed by atoms with Crippen LogP contribution in [-0.2, 0) is 9.59 Å². The minimum absolute atomic E-state index is 0.0817. The molecule has 5 nitrogen and oxygen atoms in total. The van der Waals surface area contributed by atoms with Crippen LogP contribution in [-0.4, -0.2) is 22.0 Å². The summed E-state index contributed by atoms with van der Waals surface area (Å²) in [6.07, 6.45) is 1.96. The maximum atomic E-state index is 12.3. The van der Waals surface area contributed by atoms with E-state index in [0.29, 0.717) is 5.13 Å². The van der Waals surface area contributed by atoms with Gasteiger partial charge in [-0.25, -0.2) is 4.98 Å². The number of aryl methyl sites for hydroxylation is 1. The van der Waals surface area contributed by atoms with Gasteiger partial charge in [0.25, 0.3) is 0 Å². The Balaban J connectivity index is 1.57. The van der Waals surface area contributed by atoms with Gasteiger partial charge in [-0.15, -0.1) is 23.1 Å². The van der Waals surface area contributed by atoms with Gasteiger partial charge in [0.1, 0.15) is 0 Å². The molecule has 1 aliphatic carbocycles. The first kappa shape index (κ1) is 17.0. The summed E-state index contributed by atoms with van der Waals surface area (Å²) in [6.45, 7) is 3.75. The van der Waals surface area contributed by atoms with Gasteiger partial charge in [-0.3, -0.25) is 9.59 Å². The van der Waals surface area contributed by atoms with Gasteiger partial charge in [0, 0.05) is 21.9 Å². The van der Waals surface area contributed by atoms with Gasteiger partial charge in [0.15, 0.2) is 5.13 Å². The van der Waals surface area contributed by atoms with E-state index in [2.05, 4.69) is 15.6 Å². The fourth-order valence-electron chi connectivity index (χ4n) is 2.11. The Hall–Kier alpha value is -1.86. The third-order valence-electron chi connectivity index (χ3n) is 3.58. The summed E-state index contributed by atoms with van der Waals surface area (Å²) in [5, 5.41) is 8.02. The molecule has 2 aromatic rings. The standard InChI is InChI=1S/C17H19N3O2S2/c1-10-9-23-17(18-10)20-15(21)11(2)24-14-5-3-4-13(8-14)19-16(22)12-6-7-12/h3-5,8-9,11-12H,6-7H2,1-2H3,(H,19,22)(H,18,20,21). The largest absolute Gasteiger partial charge is 0.326 e. The van der Waals surface area contributed by atoms with Crippen molar-refractivity contribution in [1.82, 2.24) is 4.98 Å². The Morgan fingerprint density at radius 2 is 2.12 bits per heavy atom. The highest BCUT2D eigenvalue weighted by Crippen LogP contribution is 2.31. The number of carbonyl (C=O) groups excluding carboxylic acids is 2. The van der Waals surface area contributed by atoms with Crippen molar-refractivity contribution in [3.63, 3.8) is 0 Å². The highest BCUT2D eigenvalue weighted by Gasteiger charge is 2.29. The van der Waals surface area contributed by atoms with Crippen molar-refractivity contribution >= 4 is 45.7 Å².